The van der Waals surface area contributed by atoms with Gasteiger partial charge in [-0.3, -0.25) is 0 Å². The maximum absolute atomic E-state index is 12.9. The van der Waals surface area contributed by atoms with Crippen LogP contribution in [0.3, 0.4) is 0 Å². The number of hydrogen-bond donors (Lipinski definition) is 0. The van der Waals surface area contributed by atoms with E-state index in [9.17, 15) is 13.2 Å². The van der Waals surface area contributed by atoms with Crippen LogP contribution in [-0.2, 0) is 0 Å². The van der Waals surface area contributed by atoms with Crippen LogP contribution in [0.4, 0.5) is 13.2 Å². The molecule has 0 aliphatic heterocycles. The summed E-state index contributed by atoms with van der Waals surface area (Å²) < 4.78 is 38.1. The summed E-state index contributed by atoms with van der Waals surface area (Å²) in [5.41, 5.74) is -2.53. The van der Waals surface area contributed by atoms with Crippen molar-refractivity contribution in [1.82, 2.24) is 0 Å². The Labute approximate surface area is 75.1 Å². The van der Waals surface area contributed by atoms with E-state index in [1.807, 2.05) is 0 Å². The molecule has 0 heterocycles. The highest BCUT2D eigenvalue weighted by atomic mass is 35.5. The van der Waals surface area contributed by atoms with Gasteiger partial charge in [-0.15, -0.1) is 0 Å². The molecule has 4 heteroatoms. The van der Waals surface area contributed by atoms with Gasteiger partial charge in [-0.25, -0.2) is 13.2 Å². The minimum Gasteiger partial charge on any atom is -0.223 e. The summed E-state index contributed by atoms with van der Waals surface area (Å²) in [5.74, 6) is -4.18. The SMILES string of the molecule is FC(Cl)C(F)(F)C1CCCCC1. The molecule has 0 aromatic heterocycles. The molecule has 1 fully saturated rings. The van der Waals surface area contributed by atoms with Gasteiger partial charge in [0.1, 0.15) is 0 Å². The predicted octanol–water partition coefficient (Wildman–Crippen LogP) is 3.74. The highest BCUT2D eigenvalue weighted by Crippen LogP contribution is 2.40. The minimum atomic E-state index is -3.33. The molecule has 0 radical (unpaired) electrons. The van der Waals surface area contributed by atoms with Crippen molar-refractivity contribution in [3.63, 3.8) is 0 Å². The highest BCUT2D eigenvalue weighted by molar-refractivity contribution is 6.20. The fourth-order valence-electron chi connectivity index (χ4n) is 1.67. The van der Waals surface area contributed by atoms with Crippen molar-refractivity contribution in [1.29, 1.82) is 0 Å². The van der Waals surface area contributed by atoms with E-state index in [2.05, 4.69) is 0 Å². The Balaban J connectivity index is 2.53. The van der Waals surface area contributed by atoms with E-state index >= 15 is 0 Å². The third-order valence-corrected chi connectivity index (χ3v) is 2.73. The van der Waals surface area contributed by atoms with Crippen LogP contribution in [0.25, 0.3) is 0 Å². The molecule has 1 atom stereocenters. The minimum absolute atomic E-state index is 0.403. The lowest BCUT2D eigenvalue weighted by Gasteiger charge is -2.29. The van der Waals surface area contributed by atoms with Crippen molar-refractivity contribution >= 4 is 11.6 Å². The fraction of sp³-hybridized carbons (Fsp3) is 1.00. The summed E-state index contributed by atoms with van der Waals surface area (Å²) in [7, 11) is 0. The van der Waals surface area contributed by atoms with Crippen LogP contribution in [-0.4, -0.2) is 11.6 Å². The van der Waals surface area contributed by atoms with E-state index in [-0.39, 0.29) is 0 Å². The van der Waals surface area contributed by atoms with Gasteiger partial charge in [0.05, 0.1) is 0 Å². The van der Waals surface area contributed by atoms with Gasteiger partial charge in [-0.05, 0) is 12.8 Å². The molecule has 0 amide bonds. The van der Waals surface area contributed by atoms with Crippen molar-refractivity contribution in [2.24, 2.45) is 5.92 Å². The van der Waals surface area contributed by atoms with Gasteiger partial charge < -0.3 is 0 Å². The number of hydrogen-bond acceptors (Lipinski definition) is 0. The number of halogens is 4. The van der Waals surface area contributed by atoms with Crippen molar-refractivity contribution in [3.8, 4) is 0 Å². The first kappa shape index (κ1) is 10.2. The van der Waals surface area contributed by atoms with E-state index in [0.717, 1.165) is 19.3 Å². The molecule has 0 aromatic rings. The largest absolute Gasteiger partial charge is 0.295 e. The lowest BCUT2D eigenvalue weighted by molar-refractivity contribution is -0.102. The Morgan fingerprint density at radius 3 is 2.08 bits per heavy atom. The molecule has 0 N–H and O–H groups in total. The molecule has 1 saturated carbocycles. The van der Waals surface area contributed by atoms with Gasteiger partial charge in [0.25, 0.3) is 5.92 Å². The third kappa shape index (κ3) is 2.06. The first-order valence-corrected chi connectivity index (χ1v) is 4.64. The van der Waals surface area contributed by atoms with Crippen LogP contribution >= 0.6 is 11.6 Å². The van der Waals surface area contributed by atoms with Crippen LogP contribution in [0.2, 0.25) is 0 Å². The average Bonchev–Trinajstić information content (AvgIpc) is 2.06. The van der Waals surface area contributed by atoms with Crippen LogP contribution in [0.15, 0.2) is 0 Å². The second-order valence-electron chi connectivity index (χ2n) is 3.31. The van der Waals surface area contributed by atoms with E-state index in [0.29, 0.717) is 12.8 Å². The summed E-state index contributed by atoms with van der Waals surface area (Å²) in [5, 5.41) is 0. The summed E-state index contributed by atoms with van der Waals surface area (Å²) in [6, 6.07) is 0. The second-order valence-corrected chi connectivity index (χ2v) is 3.69. The maximum Gasteiger partial charge on any atom is 0.295 e. The quantitative estimate of drug-likeness (QED) is 0.596. The maximum atomic E-state index is 12.9. The van der Waals surface area contributed by atoms with Gasteiger partial charge in [0, 0.05) is 5.92 Å². The van der Waals surface area contributed by atoms with E-state index in [1.165, 1.54) is 0 Å². The van der Waals surface area contributed by atoms with Crippen LogP contribution in [0, 0.1) is 5.92 Å². The van der Waals surface area contributed by atoms with Crippen molar-refractivity contribution < 1.29 is 13.2 Å². The van der Waals surface area contributed by atoms with Crippen molar-refractivity contribution in [2.45, 2.75) is 43.7 Å². The molecule has 1 unspecified atom stereocenters. The summed E-state index contributed by atoms with van der Waals surface area (Å²) >= 11 is 4.79. The number of rotatable bonds is 2. The average molecular weight is 201 g/mol. The second kappa shape index (κ2) is 3.86. The molecule has 0 saturated heterocycles. The molecule has 0 nitrogen and oxygen atoms in total. The van der Waals surface area contributed by atoms with Gasteiger partial charge in [0.2, 0.25) is 5.63 Å². The van der Waals surface area contributed by atoms with Gasteiger partial charge in [0.15, 0.2) is 0 Å². The molecule has 72 valence electrons. The van der Waals surface area contributed by atoms with E-state index in [4.69, 9.17) is 11.6 Å². The fourth-order valence-corrected chi connectivity index (χ4v) is 1.84. The topological polar surface area (TPSA) is 0 Å². The van der Waals surface area contributed by atoms with Gasteiger partial charge in [-0.1, -0.05) is 30.9 Å². The normalized spacial score (nSPS) is 24.0. The monoisotopic (exact) mass is 200 g/mol. The highest BCUT2D eigenvalue weighted by Gasteiger charge is 2.46. The third-order valence-electron chi connectivity index (χ3n) is 2.44. The molecular formula is C8H12ClF3. The Kier molecular flexibility index (Phi) is 3.27. The predicted molar refractivity (Wildman–Crippen MR) is 42.3 cm³/mol. The Morgan fingerprint density at radius 1 is 1.17 bits per heavy atom. The van der Waals surface area contributed by atoms with E-state index in [1.54, 1.807) is 0 Å². The Bertz CT molecular complexity index is 141. The van der Waals surface area contributed by atoms with Gasteiger partial charge >= 0.3 is 0 Å². The van der Waals surface area contributed by atoms with Crippen LogP contribution in [0.5, 0.6) is 0 Å². The zero-order valence-electron chi connectivity index (χ0n) is 6.70. The lowest BCUT2D eigenvalue weighted by atomic mass is 9.85. The standard InChI is InChI=1S/C8H12ClF3/c9-7(10)8(11,12)6-4-2-1-3-5-6/h6-7H,1-5H2. The molecule has 1 aliphatic carbocycles. The van der Waals surface area contributed by atoms with Crippen molar-refractivity contribution in [3.05, 3.63) is 0 Å². The molecule has 12 heavy (non-hydrogen) atoms. The van der Waals surface area contributed by atoms with Crippen molar-refractivity contribution in [2.75, 3.05) is 0 Å². The molecule has 1 aliphatic rings. The molecule has 0 spiro atoms. The summed E-state index contributed by atoms with van der Waals surface area (Å²) in [6.45, 7) is 0. The zero-order chi connectivity index (χ0) is 9.19. The molecule has 1 rings (SSSR count). The molecule has 0 bridgehead atoms. The van der Waals surface area contributed by atoms with Crippen LogP contribution < -0.4 is 0 Å². The van der Waals surface area contributed by atoms with Gasteiger partial charge in [-0.2, -0.15) is 0 Å². The summed E-state index contributed by atoms with van der Waals surface area (Å²) in [4.78, 5) is 0. The van der Waals surface area contributed by atoms with Crippen LogP contribution in [0.1, 0.15) is 32.1 Å². The Hall–Kier alpha value is 0.0800. The first-order valence-electron chi connectivity index (χ1n) is 4.21. The number of alkyl halides is 4. The Morgan fingerprint density at radius 2 is 1.67 bits per heavy atom. The molecular weight excluding hydrogens is 189 g/mol. The summed E-state index contributed by atoms with van der Waals surface area (Å²) in [6.07, 6.45) is 3.32. The first-order chi connectivity index (χ1) is 5.55. The smallest absolute Gasteiger partial charge is 0.223 e. The zero-order valence-corrected chi connectivity index (χ0v) is 7.46. The van der Waals surface area contributed by atoms with E-state index < -0.39 is 17.5 Å². The lowest BCUT2D eigenvalue weighted by Crippen LogP contribution is -2.36. The molecule has 0 aromatic carbocycles.